The molecule has 16 heavy (non-hydrogen) atoms. The van der Waals surface area contributed by atoms with Gasteiger partial charge in [-0.1, -0.05) is 12.1 Å². The Balaban J connectivity index is 2.32. The molecule has 0 saturated heterocycles. The van der Waals surface area contributed by atoms with Crippen molar-refractivity contribution >= 4 is 5.97 Å². The molecule has 2 heterocycles. The van der Waals surface area contributed by atoms with E-state index in [1.807, 2.05) is 6.92 Å². The Morgan fingerprint density at radius 1 is 1.62 bits per heavy atom. The van der Waals surface area contributed by atoms with E-state index in [0.29, 0.717) is 23.8 Å². The smallest absolute Gasteiger partial charge is 0.323 e. The number of hydrogen-bond donors (Lipinski definition) is 1. The van der Waals surface area contributed by atoms with E-state index in [2.05, 4.69) is 10.1 Å². The van der Waals surface area contributed by atoms with Gasteiger partial charge in [0.25, 0.3) is 5.89 Å². The van der Waals surface area contributed by atoms with E-state index in [4.69, 9.17) is 9.63 Å². The molecular weight excluding hydrogens is 210 g/mol. The summed E-state index contributed by atoms with van der Waals surface area (Å²) in [6, 6.07) is 3.49. The van der Waals surface area contributed by atoms with Crippen LogP contribution in [0.3, 0.4) is 0 Å². The first-order valence-electron chi connectivity index (χ1n) is 4.90. The molecule has 0 aliphatic rings. The first-order valence-corrected chi connectivity index (χ1v) is 4.90. The Kier molecular flexibility index (Phi) is 2.72. The normalized spacial score (nSPS) is 10.6. The van der Waals surface area contributed by atoms with Crippen molar-refractivity contribution in [1.29, 1.82) is 0 Å². The third-order valence-corrected chi connectivity index (χ3v) is 2.14. The Bertz CT molecular complexity index is 501. The van der Waals surface area contributed by atoms with Crippen molar-refractivity contribution in [3.8, 4) is 11.6 Å². The molecule has 2 rings (SSSR count). The molecule has 0 saturated carbocycles. The maximum Gasteiger partial charge on any atom is 0.323 e. The Morgan fingerprint density at radius 2 is 2.44 bits per heavy atom. The van der Waals surface area contributed by atoms with Crippen LogP contribution in [0, 0.1) is 0 Å². The lowest BCUT2D eigenvalue weighted by atomic mass is 10.4. The van der Waals surface area contributed by atoms with Gasteiger partial charge in [-0.2, -0.15) is 4.98 Å². The molecular formula is C10H11N3O3. The SMILES string of the molecule is CCc1noc(-c2cccn2CC(=O)O)n1. The molecule has 0 aliphatic heterocycles. The second-order valence-corrected chi connectivity index (χ2v) is 3.28. The van der Waals surface area contributed by atoms with Crippen LogP contribution in [0.2, 0.25) is 0 Å². The van der Waals surface area contributed by atoms with Gasteiger partial charge < -0.3 is 14.2 Å². The van der Waals surface area contributed by atoms with E-state index >= 15 is 0 Å². The highest BCUT2D eigenvalue weighted by Crippen LogP contribution is 2.17. The van der Waals surface area contributed by atoms with E-state index in [0.717, 1.165) is 0 Å². The second kappa shape index (κ2) is 4.18. The highest BCUT2D eigenvalue weighted by molar-refractivity contribution is 5.67. The largest absolute Gasteiger partial charge is 0.480 e. The van der Waals surface area contributed by atoms with Crippen molar-refractivity contribution < 1.29 is 14.4 Å². The summed E-state index contributed by atoms with van der Waals surface area (Å²) in [5.41, 5.74) is 0.620. The van der Waals surface area contributed by atoms with E-state index in [9.17, 15) is 4.79 Å². The van der Waals surface area contributed by atoms with Crippen LogP contribution in [-0.4, -0.2) is 25.8 Å². The maximum absolute atomic E-state index is 10.6. The second-order valence-electron chi connectivity index (χ2n) is 3.28. The van der Waals surface area contributed by atoms with Gasteiger partial charge in [0.2, 0.25) is 0 Å². The minimum atomic E-state index is -0.910. The molecule has 2 aromatic heterocycles. The van der Waals surface area contributed by atoms with Gasteiger partial charge >= 0.3 is 5.97 Å². The van der Waals surface area contributed by atoms with E-state index in [1.165, 1.54) is 0 Å². The molecule has 0 spiro atoms. The number of aliphatic carboxylic acids is 1. The van der Waals surface area contributed by atoms with Crippen molar-refractivity contribution in [2.24, 2.45) is 0 Å². The van der Waals surface area contributed by atoms with Gasteiger partial charge in [0.1, 0.15) is 12.2 Å². The highest BCUT2D eigenvalue weighted by Gasteiger charge is 2.13. The number of hydrogen-bond acceptors (Lipinski definition) is 4. The molecule has 6 heteroatoms. The number of aryl methyl sites for hydroxylation is 1. The van der Waals surface area contributed by atoms with Crippen LogP contribution in [0.4, 0.5) is 0 Å². The van der Waals surface area contributed by atoms with E-state index in [1.54, 1.807) is 22.9 Å². The van der Waals surface area contributed by atoms with Crippen LogP contribution < -0.4 is 0 Å². The van der Waals surface area contributed by atoms with Crippen LogP contribution in [0.15, 0.2) is 22.9 Å². The zero-order valence-corrected chi connectivity index (χ0v) is 8.75. The predicted molar refractivity (Wildman–Crippen MR) is 54.7 cm³/mol. The van der Waals surface area contributed by atoms with E-state index in [-0.39, 0.29) is 6.54 Å². The molecule has 0 atom stereocenters. The average molecular weight is 221 g/mol. The van der Waals surface area contributed by atoms with Gasteiger partial charge in [-0.05, 0) is 12.1 Å². The lowest BCUT2D eigenvalue weighted by molar-refractivity contribution is -0.137. The van der Waals surface area contributed by atoms with Crippen LogP contribution in [0.1, 0.15) is 12.7 Å². The molecule has 0 fully saturated rings. The number of carboxylic acid groups (broad SMARTS) is 1. The zero-order valence-electron chi connectivity index (χ0n) is 8.75. The molecule has 1 N–H and O–H groups in total. The fraction of sp³-hybridized carbons (Fsp3) is 0.300. The van der Waals surface area contributed by atoms with Gasteiger partial charge in [0, 0.05) is 12.6 Å². The summed E-state index contributed by atoms with van der Waals surface area (Å²) >= 11 is 0. The topological polar surface area (TPSA) is 81.2 Å². The Labute approximate surface area is 91.5 Å². The van der Waals surface area contributed by atoms with Gasteiger partial charge in [0.05, 0.1) is 0 Å². The summed E-state index contributed by atoms with van der Waals surface area (Å²) in [5.74, 6) is 0.0499. The minimum Gasteiger partial charge on any atom is -0.480 e. The number of rotatable bonds is 4. The molecule has 0 amide bonds. The average Bonchev–Trinajstić information content (AvgIpc) is 2.84. The molecule has 2 aromatic rings. The Hall–Kier alpha value is -2.11. The summed E-state index contributed by atoms with van der Waals surface area (Å²) in [6.07, 6.45) is 2.35. The van der Waals surface area contributed by atoms with Crippen LogP contribution in [0.25, 0.3) is 11.6 Å². The summed E-state index contributed by atoms with van der Waals surface area (Å²) in [7, 11) is 0. The third kappa shape index (κ3) is 1.95. The van der Waals surface area contributed by atoms with E-state index < -0.39 is 5.97 Å². The van der Waals surface area contributed by atoms with Crippen LogP contribution in [-0.2, 0) is 17.8 Å². The quantitative estimate of drug-likeness (QED) is 0.838. The van der Waals surface area contributed by atoms with Crippen molar-refractivity contribution in [3.63, 3.8) is 0 Å². The summed E-state index contributed by atoms with van der Waals surface area (Å²) < 4.78 is 6.60. The molecule has 6 nitrogen and oxygen atoms in total. The first kappa shape index (κ1) is 10.4. The number of nitrogens with zero attached hydrogens (tertiary/aromatic N) is 3. The molecule has 0 unspecified atom stereocenters. The predicted octanol–water partition coefficient (Wildman–Crippen LogP) is 1.19. The van der Waals surface area contributed by atoms with Gasteiger partial charge in [-0.3, -0.25) is 4.79 Å². The fourth-order valence-corrected chi connectivity index (χ4v) is 1.39. The molecule has 0 bridgehead atoms. The Morgan fingerprint density at radius 3 is 3.06 bits per heavy atom. The number of carboxylic acids is 1. The lowest BCUT2D eigenvalue weighted by Gasteiger charge is -2.01. The molecule has 0 radical (unpaired) electrons. The van der Waals surface area contributed by atoms with Gasteiger partial charge in [0.15, 0.2) is 5.82 Å². The van der Waals surface area contributed by atoms with Crippen molar-refractivity contribution in [3.05, 3.63) is 24.2 Å². The summed E-state index contributed by atoms with van der Waals surface area (Å²) in [4.78, 5) is 14.8. The minimum absolute atomic E-state index is 0.119. The molecule has 0 aliphatic carbocycles. The zero-order chi connectivity index (χ0) is 11.5. The van der Waals surface area contributed by atoms with Crippen molar-refractivity contribution in [2.75, 3.05) is 0 Å². The van der Waals surface area contributed by atoms with Crippen LogP contribution in [0.5, 0.6) is 0 Å². The van der Waals surface area contributed by atoms with Crippen LogP contribution >= 0.6 is 0 Å². The summed E-state index contributed by atoms with van der Waals surface area (Å²) in [6.45, 7) is 1.80. The molecule has 0 aromatic carbocycles. The number of carbonyl (C=O) groups is 1. The highest BCUT2D eigenvalue weighted by atomic mass is 16.5. The standard InChI is InChI=1S/C10H11N3O3/c1-2-8-11-10(16-12-8)7-4-3-5-13(7)6-9(14)15/h3-5H,2,6H2,1H3,(H,14,15). The summed E-state index contributed by atoms with van der Waals surface area (Å²) in [5, 5.41) is 12.5. The van der Waals surface area contributed by atoms with Crippen molar-refractivity contribution in [2.45, 2.75) is 19.9 Å². The monoisotopic (exact) mass is 221 g/mol. The van der Waals surface area contributed by atoms with Gasteiger partial charge in [-0.15, -0.1) is 0 Å². The lowest BCUT2D eigenvalue weighted by Crippen LogP contribution is -2.08. The van der Waals surface area contributed by atoms with Crippen molar-refractivity contribution in [1.82, 2.24) is 14.7 Å². The first-order chi connectivity index (χ1) is 7.70. The molecule has 84 valence electrons. The maximum atomic E-state index is 10.6. The number of aromatic nitrogens is 3. The third-order valence-electron chi connectivity index (χ3n) is 2.14. The van der Waals surface area contributed by atoms with Gasteiger partial charge in [-0.25, -0.2) is 0 Å². The fourth-order valence-electron chi connectivity index (χ4n) is 1.39.